The lowest BCUT2D eigenvalue weighted by molar-refractivity contribution is 0.548. The SMILES string of the molecule is Cc1cc2c(cc1C)N(c1cc(C(C)C)c(C)c(C(C)C)c1)C(C1N(c3cc(C(C)C)c(C)c(C(C)C)c3)c3cc(C)c(C)cc3N1c1cc(C(C)C)c(C)c(C(C)C)c1)N2c1cc(C(C)C)c(C)c(C(C)C)c1. The maximum absolute atomic E-state index is 2.81. The minimum absolute atomic E-state index is 0.262. The summed E-state index contributed by atoms with van der Waals surface area (Å²) in [6.45, 7) is 56.8. The highest BCUT2D eigenvalue weighted by atomic mass is 15.5. The van der Waals surface area contributed by atoms with E-state index >= 15 is 0 Å². The molecule has 8 rings (SSSR count). The van der Waals surface area contributed by atoms with Gasteiger partial charge in [0.05, 0.1) is 22.7 Å². The zero-order valence-corrected chi connectivity index (χ0v) is 50.5. The van der Waals surface area contributed by atoms with Crippen molar-refractivity contribution in [1.82, 2.24) is 0 Å². The summed E-state index contributed by atoms with van der Waals surface area (Å²) in [5, 5.41) is 0. The molecule has 0 bridgehead atoms. The van der Waals surface area contributed by atoms with Crippen LogP contribution >= 0.6 is 0 Å². The van der Waals surface area contributed by atoms with Gasteiger partial charge in [0, 0.05) is 22.7 Å². The summed E-state index contributed by atoms with van der Waals surface area (Å²) in [7, 11) is 0. The van der Waals surface area contributed by atoms with Gasteiger partial charge in [-0.3, -0.25) is 0 Å². The van der Waals surface area contributed by atoms with Crippen molar-refractivity contribution < 1.29 is 0 Å². The molecule has 0 fully saturated rings. The summed E-state index contributed by atoms with van der Waals surface area (Å²) >= 11 is 0. The fraction of sp³-hybridized carbons (Fsp3) is 0.486. The molecule has 4 heteroatoms. The minimum Gasteiger partial charge on any atom is -0.314 e. The lowest BCUT2D eigenvalue weighted by atomic mass is 9.88. The molecule has 0 unspecified atom stereocenters. The minimum atomic E-state index is -0.262. The van der Waals surface area contributed by atoms with E-state index in [2.05, 4.69) is 259 Å². The van der Waals surface area contributed by atoms with Crippen molar-refractivity contribution in [3.05, 3.63) is 162 Å². The zero-order valence-electron chi connectivity index (χ0n) is 50.5. The van der Waals surface area contributed by atoms with E-state index in [9.17, 15) is 0 Å². The Bertz CT molecular complexity index is 2570. The number of nitrogens with zero attached hydrogens (tertiary/aromatic N) is 4. The first-order valence-corrected chi connectivity index (χ1v) is 28.6. The molecule has 0 spiro atoms. The molecule has 74 heavy (non-hydrogen) atoms. The molecule has 2 heterocycles. The van der Waals surface area contributed by atoms with Crippen LogP contribution in [0.15, 0.2) is 72.8 Å². The highest BCUT2D eigenvalue weighted by Crippen LogP contribution is 2.59. The number of aryl methyl sites for hydroxylation is 4. The first kappa shape index (κ1) is 54.8. The van der Waals surface area contributed by atoms with Crippen LogP contribution in [0.3, 0.4) is 0 Å². The van der Waals surface area contributed by atoms with Gasteiger partial charge in [0.2, 0.25) is 0 Å². The molecule has 0 aromatic heterocycles. The van der Waals surface area contributed by atoms with Gasteiger partial charge in [-0.15, -0.1) is 0 Å². The molecule has 0 radical (unpaired) electrons. The smallest absolute Gasteiger partial charge is 0.151 e. The van der Waals surface area contributed by atoms with Crippen LogP contribution in [0.5, 0.6) is 0 Å². The van der Waals surface area contributed by atoms with Gasteiger partial charge >= 0.3 is 0 Å². The second kappa shape index (κ2) is 20.6. The molecule has 0 aliphatic carbocycles. The molecule has 2 aliphatic rings. The number of hydrogen-bond donors (Lipinski definition) is 0. The Kier molecular flexibility index (Phi) is 15.2. The zero-order chi connectivity index (χ0) is 54.4. The largest absolute Gasteiger partial charge is 0.314 e. The van der Waals surface area contributed by atoms with Crippen LogP contribution in [0.1, 0.15) is 247 Å². The monoisotopic (exact) mass is 991 g/mol. The second-order valence-electron chi connectivity index (χ2n) is 25.4. The van der Waals surface area contributed by atoms with Gasteiger partial charge in [0.15, 0.2) is 12.3 Å². The summed E-state index contributed by atoms with van der Waals surface area (Å²) in [4.78, 5) is 11.2. The average Bonchev–Trinajstić information content (AvgIpc) is 3.80. The van der Waals surface area contributed by atoms with Crippen LogP contribution < -0.4 is 19.6 Å². The Balaban J connectivity index is 1.64. The fourth-order valence-corrected chi connectivity index (χ4v) is 13.2. The van der Waals surface area contributed by atoms with Crippen LogP contribution in [0.25, 0.3) is 0 Å². The number of hydrogen-bond acceptors (Lipinski definition) is 4. The molecule has 0 saturated carbocycles. The Morgan fingerprint density at radius 3 is 0.486 bits per heavy atom. The molecule has 394 valence electrons. The van der Waals surface area contributed by atoms with Crippen LogP contribution in [0.4, 0.5) is 45.5 Å². The highest BCUT2D eigenvalue weighted by molar-refractivity contribution is 5.96. The predicted octanol–water partition coefficient (Wildman–Crippen LogP) is 21.1. The van der Waals surface area contributed by atoms with Gasteiger partial charge in [0.1, 0.15) is 0 Å². The van der Waals surface area contributed by atoms with Crippen molar-refractivity contribution >= 4 is 45.5 Å². The summed E-state index contributed by atoms with van der Waals surface area (Å²) in [5.74, 6) is 2.82. The van der Waals surface area contributed by atoms with Crippen LogP contribution in [0, 0.1) is 55.4 Å². The van der Waals surface area contributed by atoms with E-state index in [0.717, 1.165) is 0 Å². The Morgan fingerprint density at radius 2 is 0.365 bits per heavy atom. The third kappa shape index (κ3) is 9.38. The van der Waals surface area contributed by atoms with Crippen LogP contribution in [-0.4, -0.2) is 12.3 Å². The van der Waals surface area contributed by atoms with E-state index in [1.165, 1.54) is 135 Å². The quantitative estimate of drug-likeness (QED) is 0.114. The van der Waals surface area contributed by atoms with Crippen molar-refractivity contribution in [2.75, 3.05) is 19.6 Å². The molecule has 0 amide bonds. The summed E-state index contributed by atoms with van der Waals surface area (Å²) in [6, 6.07) is 30.6. The third-order valence-corrected chi connectivity index (χ3v) is 17.5. The van der Waals surface area contributed by atoms with Crippen molar-refractivity contribution in [3.63, 3.8) is 0 Å². The number of rotatable bonds is 13. The van der Waals surface area contributed by atoms with Gasteiger partial charge in [-0.1, -0.05) is 111 Å². The van der Waals surface area contributed by atoms with Gasteiger partial charge in [0.25, 0.3) is 0 Å². The van der Waals surface area contributed by atoms with E-state index in [4.69, 9.17) is 0 Å². The van der Waals surface area contributed by atoms with Gasteiger partial charge in [-0.2, -0.15) is 0 Å². The lowest BCUT2D eigenvalue weighted by Crippen LogP contribution is -2.58. The Hall–Kier alpha value is -5.48. The van der Waals surface area contributed by atoms with E-state index in [0.29, 0.717) is 47.3 Å². The average molecular weight is 992 g/mol. The Morgan fingerprint density at radius 1 is 0.230 bits per heavy atom. The fourth-order valence-electron chi connectivity index (χ4n) is 13.2. The number of anilines is 8. The van der Waals surface area contributed by atoms with Crippen molar-refractivity contribution in [2.45, 2.75) is 226 Å². The summed E-state index contributed by atoms with van der Waals surface area (Å²) in [5.41, 5.74) is 32.3. The van der Waals surface area contributed by atoms with E-state index in [1.807, 2.05) is 0 Å². The number of benzene rings is 6. The second-order valence-corrected chi connectivity index (χ2v) is 25.4. The topological polar surface area (TPSA) is 13.0 Å². The van der Waals surface area contributed by atoms with Crippen LogP contribution in [-0.2, 0) is 0 Å². The van der Waals surface area contributed by atoms with Crippen LogP contribution in [0.2, 0.25) is 0 Å². The molecular weight excluding hydrogens is 897 g/mol. The van der Waals surface area contributed by atoms with Crippen molar-refractivity contribution in [2.24, 2.45) is 0 Å². The van der Waals surface area contributed by atoms with Gasteiger partial charge in [-0.05, 0) is 265 Å². The first-order chi connectivity index (χ1) is 34.7. The summed E-state index contributed by atoms with van der Waals surface area (Å²) < 4.78 is 0. The highest BCUT2D eigenvalue weighted by Gasteiger charge is 2.53. The number of fused-ring (bicyclic) bond motifs is 2. The molecule has 6 aromatic carbocycles. The third-order valence-electron chi connectivity index (χ3n) is 17.5. The molecule has 0 saturated heterocycles. The molecule has 0 atom stereocenters. The van der Waals surface area contributed by atoms with Crippen molar-refractivity contribution in [3.8, 4) is 0 Å². The van der Waals surface area contributed by atoms with E-state index < -0.39 is 0 Å². The normalized spacial score (nSPS) is 14.4. The van der Waals surface area contributed by atoms with E-state index in [1.54, 1.807) is 0 Å². The van der Waals surface area contributed by atoms with Gasteiger partial charge < -0.3 is 19.6 Å². The maximum atomic E-state index is 2.81. The molecular formula is C70H94N4. The lowest BCUT2D eigenvalue weighted by Gasteiger charge is -2.45. The Labute approximate surface area is 450 Å². The van der Waals surface area contributed by atoms with E-state index in [-0.39, 0.29) is 12.3 Å². The summed E-state index contributed by atoms with van der Waals surface area (Å²) in [6.07, 6.45) is -0.524. The molecule has 2 aliphatic heterocycles. The first-order valence-electron chi connectivity index (χ1n) is 28.6. The standard InChI is InChI=1S/C70H94N4/c1-37(2)57-29-53(30-58(38(3)4)49(57)21)71-65-25-45(17)46(18)26-66(65)72(54-31-59(39(5)6)50(22)60(32-54)40(7)8)69(71)70-73(55-33-61(41(9)10)51(23)62(34-55)42(11)12)67-27-47(19)48(20)28-68(67)74(70)56-35-63(43(13)14)52(24)64(36-56)44(15)16/h25-44,69-70H,1-24H3. The predicted molar refractivity (Wildman–Crippen MR) is 325 cm³/mol. The maximum Gasteiger partial charge on any atom is 0.151 e. The molecule has 4 nitrogen and oxygen atoms in total. The molecule has 6 aromatic rings. The molecule has 0 N–H and O–H groups in total. The van der Waals surface area contributed by atoms with Gasteiger partial charge in [-0.25, -0.2) is 0 Å². The van der Waals surface area contributed by atoms with Crippen molar-refractivity contribution in [1.29, 1.82) is 0 Å².